The summed E-state index contributed by atoms with van der Waals surface area (Å²) < 4.78 is 19.7. The average Bonchev–Trinajstić information content (AvgIpc) is 3.05. The molecule has 1 saturated carbocycles. The van der Waals surface area contributed by atoms with Gasteiger partial charge in [0.15, 0.2) is 8.32 Å². The summed E-state index contributed by atoms with van der Waals surface area (Å²) in [4.78, 5) is 13.9. The second kappa shape index (κ2) is 9.87. The Morgan fingerprint density at radius 2 is 1.53 bits per heavy atom. The molecule has 1 unspecified atom stereocenters. The van der Waals surface area contributed by atoms with Crippen LogP contribution in [0.1, 0.15) is 121 Å². The van der Waals surface area contributed by atoms with Crippen LogP contribution >= 0.6 is 0 Å². The van der Waals surface area contributed by atoms with Gasteiger partial charge in [-0.25, -0.2) is 0 Å². The van der Waals surface area contributed by atoms with Crippen molar-refractivity contribution in [1.82, 2.24) is 0 Å². The molecule has 0 aromatic rings. The van der Waals surface area contributed by atoms with Gasteiger partial charge in [0.05, 0.1) is 17.6 Å². The highest BCUT2D eigenvalue weighted by Gasteiger charge is 2.55. The van der Waals surface area contributed by atoms with E-state index in [-0.39, 0.29) is 40.1 Å². The first kappa shape index (κ1) is 30.1. The molecule has 4 nitrogen and oxygen atoms in total. The molecule has 0 aromatic heterocycles. The van der Waals surface area contributed by atoms with E-state index in [2.05, 4.69) is 61.6 Å². The fraction of sp³-hybridized carbons (Fsp3) is 0.848. The summed E-state index contributed by atoms with van der Waals surface area (Å²) in [5, 5.41) is 0.199. The molecule has 4 aliphatic carbocycles. The average molecular weight is 545 g/mol. The van der Waals surface area contributed by atoms with Crippen molar-refractivity contribution < 1.29 is 18.7 Å². The van der Waals surface area contributed by atoms with Crippen molar-refractivity contribution in [1.29, 1.82) is 0 Å². The van der Waals surface area contributed by atoms with E-state index in [4.69, 9.17) is 13.9 Å². The number of hydrogen-bond acceptors (Lipinski definition) is 4. The third-order valence-electron chi connectivity index (χ3n) is 10.1. The van der Waals surface area contributed by atoms with Crippen LogP contribution in [0.5, 0.6) is 0 Å². The van der Waals surface area contributed by atoms with Crippen molar-refractivity contribution in [3.8, 4) is 0 Å². The molecule has 0 spiro atoms. The van der Waals surface area contributed by atoms with Gasteiger partial charge in [-0.15, -0.1) is 0 Å². The highest BCUT2D eigenvalue weighted by atomic mass is 28.4. The summed E-state index contributed by atoms with van der Waals surface area (Å²) >= 11 is 0. The zero-order valence-corrected chi connectivity index (χ0v) is 27.6. The van der Waals surface area contributed by atoms with Crippen molar-refractivity contribution in [3.05, 3.63) is 22.3 Å². The highest BCUT2D eigenvalue weighted by molar-refractivity contribution is 6.74. The van der Waals surface area contributed by atoms with Gasteiger partial charge in [-0.1, -0.05) is 33.3 Å². The van der Waals surface area contributed by atoms with Gasteiger partial charge in [-0.3, -0.25) is 4.79 Å². The Morgan fingerprint density at radius 1 is 0.868 bits per heavy atom. The Labute approximate surface area is 234 Å². The zero-order chi connectivity index (χ0) is 28.5. The van der Waals surface area contributed by atoms with E-state index in [0.29, 0.717) is 5.92 Å². The molecule has 0 N–H and O–H groups in total. The minimum absolute atomic E-state index is 0.0339. The van der Waals surface area contributed by atoms with Gasteiger partial charge in [0, 0.05) is 11.5 Å². The van der Waals surface area contributed by atoms with E-state index in [1.54, 1.807) is 5.57 Å². The van der Waals surface area contributed by atoms with Gasteiger partial charge in [-0.2, -0.15) is 0 Å². The molecule has 0 radical (unpaired) electrons. The molecule has 0 amide bonds. The summed E-state index contributed by atoms with van der Waals surface area (Å²) in [7, 11) is -1.85. The van der Waals surface area contributed by atoms with Crippen LogP contribution < -0.4 is 0 Å². The first-order valence-electron chi connectivity index (χ1n) is 15.2. The number of carbonyl (C=O) groups excluding carboxylic acids is 1. The van der Waals surface area contributed by atoms with E-state index in [1.807, 2.05) is 20.8 Å². The molecule has 216 valence electrons. The third kappa shape index (κ3) is 5.91. The maximum absolute atomic E-state index is 13.9. The monoisotopic (exact) mass is 544 g/mol. The quantitative estimate of drug-likeness (QED) is 0.262. The van der Waals surface area contributed by atoms with Gasteiger partial charge in [-0.05, 0) is 134 Å². The lowest BCUT2D eigenvalue weighted by atomic mass is 9.58. The van der Waals surface area contributed by atoms with Crippen LogP contribution in [-0.4, -0.2) is 37.7 Å². The van der Waals surface area contributed by atoms with Crippen molar-refractivity contribution >= 4 is 14.3 Å². The smallest absolute Gasteiger partial charge is 0.313 e. The molecule has 0 saturated heterocycles. The Hall–Kier alpha value is -0.913. The second-order valence-corrected chi connectivity index (χ2v) is 21.2. The molecule has 1 fully saturated rings. The van der Waals surface area contributed by atoms with Crippen LogP contribution in [0.3, 0.4) is 0 Å². The molecular formula is C33H56O4Si. The molecule has 38 heavy (non-hydrogen) atoms. The van der Waals surface area contributed by atoms with Crippen LogP contribution in [0.4, 0.5) is 0 Å². The number of hydrogen-bond donors (Lipinski definition) is 0. The van der Waals surface area contributed by atoms with Crippen LogP contribution in [0.2, 0.25) is 18.1 Å². The Morgan fingerprint density at radius 3 is 2.11 bits per heavy atom. The van der Waals surface area contributed by atoms with Gasteiger partial charge in [0.1, 0.15) is 5.60 Å². The largest absolute Gasteiger partial charge is 0.459 e. The first-order chi connectivity index (χ1) is 17.2. The highest BCUT2D eigenvalue weighted by Crippen LogP contribution is 2.61. The maximum atomic E-state index is 13.9. The Kier molecular flexibility index (Phi) is 7.81. The molecule has 0 bridgehead atoms. The summed E-state index contributed by atoms with van der Waals surface area (Å²) in [6, 6.07) is 0. The summed E-state index contributed by atoms with van der Waals surface area (Å²) in [6.45, 7) is 26.6. The molecule has 4 aliphatic rings. The molecule has 5 heteroatoms. The number of allylic oxidation sites excluding steroid dienone is 2. The number of esters is 1. The van der Waals surface area contributed by atoms with Crippen molar-refractivity contribution in [2.24, 2.45) is 17.3 Å². The minimum Gasteiger partial charge on any atom is -0.459 e. The SMILES string of the molecule is CC(C)(C)OC(=O)[C@@H]1CC2=C(CCC(O[Si](C)(C)C(C)(C)C)C2)C2=C1[C@H]1CC[C@H](OC(C)(C)C)[C@@]1(C)CC2. The molecule has 0 heterocycles. The predicted octanol–water partition coefficient (Wildman–Crippen LogP) is 8.91. The Balaban J connectivity index is 1.69. The van der Waals surface area contributed by atoms with Crippen molar-refractivity contribution in [3.63, 3.8) is 0 Å². The summed E-state index contributed by atoms with van der Waals surface area (Å²) in [6.07, 6.45) is 8.83. The standard InChI is InChI=1S/C33H56O4Si/c1-30(2,3)35-27-16-15-26-28-24(17-18-33(26,27)10)23-14-13-22(37-38(11,12)32(7,8)9)19-21(23)20-25(28)29(34)36-31(4,5)6/h22,25-27H,13-20H2,1-12H3/t22?,25-,26-,27+,33+/m1/s1. The van der Waals surface area contributed by atoms with Crippen LogP contribution in [0.15, 0.2) is 22.3 Å². The predicted molar refractivity (Wildman–Crippen MR) is 159 cm³/mol. The third-order valence-corrected chi connectivity index (χ3v) is 14.7. The number of ether oxygens (including phenoxy) is 2. The lowest BCUT2D eigenvalue weighted by Gasteiger charge is -2.49. The normalized spacial score (nSPS) is 32.6. The van der Waals surface area contributed by atoms with Crippen molar-refractivity contribution in [2.45, 2.75) is 162 Å². The lowest BCUT2D eigenvalue weighted by molar-refractivity contribution is -0.159. The minimum atomic E-state index is -1.85. The molecule has 5 atom stereocenters. The maximum Gasteiger partial charge on any atom is 0.313 e. The van der Waals surface area contributed by atoms with E-state index in [1.165, 1.54) is 16.7 Å². The lowest BCUT2D eigenvalue weighted by Crippen LogP contribution is -2.46. The van der Waals surface area contributed by atoms with Gasteiger partial charge in [0.2, 0.25) is 0 Å². The molecule has 4 rings (SSSR count). The van der Waals surface area contributed by atoms with Gasteiger partial charge < -0.3 is 13.9 Å². The fourth-order valence-corrected chi connectivity index (χ4v) is 8.77. The number of carbonyl (C=O) groups is 1. The van der Waals surface area contributed by atoms with Gasteiger partial charge >= 0.3 is 5.97 Å². The van der Waals surface area contributed by atoms with Crippen LogP contribution in [0, 0.1) is 17.3 Å². The van der Waals surface area contributed by atoms with Crippen LogP contribution in [-0.2, 0) is 18.7 Å². The van der Waals surface area contributed by atoms with E-state index in [0.717, 1.165) is 51.4 Å². The molecule has 0 aromatic carbocycles. The zero-order valence-electron chi connectivity index (χ0n) is 26.6. The topological polar surface area (TPSA) is 44.8 Å². The summed E-state index contributed by atoms with van der Waals surface area (Å²) in [5.41, 5.74) is 5.39. The first-order valence-corrected chi connectivity index (χ1v) is 18.2. The second-order valence-electron chi connectivity index (χ2n) is 16.4. The van der Waals surface area contributed by atoms with Crippen LogP contribution in [0.25, 0.3) is 0 Å². The Bertz CT molecular complexity index is 999. The molecular weight excluding hydrogens is 488 g/mol. The van der Waals surface area contributed by atoms with E-state index < -0.39 is 13.9 Å². The van der Waals surface area contributed by atoms with Gasteiger partial charge in [0.25, 0.3) is 0 Å². The van der Waals surface area contributed by atoms with E-state index in [9.17, 15) is 4.79 Å². The fourth-order valence-electron chi connectivity index (χ4n) is 7.38. The number of rotatable bonds is 4. The summed E-state index contributed by atoms with van der Waals surface area (Å²) in [5.74, 6) is 0.187. The molecule has 0 aliphatic heterocycles. The van der Waals surface area contributed by atoms with Crippen molar-refractivity contribution in [2.75, 3.05) is 0 Å². The number of fused-ring (bicyclic) bond motifs is 3. The van der Waals surface area contributed by atoms with E-state index >= 15 is 0 Å².